The van der Waals surface area contributed by atoms with Crippen LogP contribution in [-0.4, -0.2) is 35.8 Å². The zero-order valence-corrected chi connectivity index (χ0v) is 19.2. The lowest BCUT2D eigenvalue weighted by molar-refractivity contribution is -0.281. The van der Waals surface area contributed by atoms with E-state index in [0.29, 0.717) is 5.56 Å². The zero-order chi connectivity index (χ0) is 22.2. The molecule has 1 fully saturated rings. The van der Waals surface area contributed by atoms with Crippen molar-refractivity contribution >= 4 is 15.6 Å². The molecule has 1 saturated heterocycles. The van der Waals surface area contributed by atoms with Gasteiger partial charge < -0.3 is 0 Å². The Kier molecular flexibility index (Phi) is 6.23. The molecular weight excluding hydrogens is 398 g/mol. The van der Waals surface area contributed by atoms with Crippen LogP contribution in [0.4, 0.5) is 0 Å². The number of hydrogen-bond acceptors (Lipinski definition) is 5. The molecule has 3 rings (SSSR count). The number of piperidine rings is 1. The van der Waals surface area contributed by atoms with E-state index in [0.717, 1.165) is 24.8 Å². The van der Waals surface area contributed by atoms with Crippen molar-refractivity contribution in [2.45, 2.75) is 75.3 Å². The predicted octanol–water partition coefficient (Wildman–Crippen LogP) is 4.95. The summed E-state index contributed by atoms with van der Waals surface area (Å²) in [6, 6.07) is 15.0. The zero-order valence-electron chi connectivity index (χ0n) is 18.4. The molecule has 2 aromatic carbocycles. The highest BCUT2D eigenvalue weighted by molar-refractivity contribution is 7.92. The third-order valence-electron chi connectivity index (χ3n) is 5.78. The lowest BCUT2D eigenvalue weighted by Crippen LogP contribution is -2.60. The van der Waals surface area contributed by atoms with Gasteiger partial charge in [0.25, 0.3) is 0 Å². The quantitative estimate of drug-likeness (QED) is 0.608. The maximum atomic E-state index is 13.6. The van der Waals surface area contributed by atoms with Crippen LogP contribution in [0.15, 0.2) is 59.5 Å². The van der Waals surface area contributed by atoms with E-state index < -0.39 is 32.1 Å². The molecule has 30 heavy (non-hydrogen) atoms. The summed E-state index contributed by atoms with van der Waals surface area (Å²) < 4.78 is 27.2. The monoisotopic (exact) mass is 429 g/mol. The molecule has 1 aliphatic heterocycles. The van der Waals surface area contributed by atoms with E-state index >= 15 is 0 Å². The minimum atomic E-state index is -4.08. The van der Waals surface area contributed by atoms with Gasteiger partial charge in [-0.1, -0.05) is 48.0 Å². The summed E-state index contributed by atoms with van der Waals surface area (Å²) in [5, 5.41) is 1.74. The van der Waals surface area contributed by atoms with Crippen LogP contribution in [0.25, 0.3) is 0 Å². The summed E-state index contributed by atoms with van der Waals surface area (Å²) in [6.45, 7) is 9.98. The number of hydroxylamine groups is 2. The van der Waals surface area contributed by atoms with Crippen LogP contribution in [0.2, 0.25) is 0 Å². The molecular formula is C24H31NO4S. The number of benzene rings is 2. The molecule has 0 aliphatic carbocycles. The average Bonchev–Trinajstić information content (AvgIpc) is 2.67. The summed E-state index contributed by atoms with van der Waals surface area (Å²) in [4.78, 5) is 19.7. The summed E-state index contributed by atoms with van der Waals surface area (Å²) in [5.41, 5.74) is -1.20. The van der Waals surface area contributed by atoms with Crippen LogP contribution >= 0.6 is 0 Å². The maximum absolute atomic E-state index is 13.6. The van der Waals surface area contributed by atoms with Crippen LogP contribution in [0.5, 0.6) is 0 Å². The van der Waals surface area contributed by atoms with Gasteiger partial charge >= 0.3 is 0 Å². The molecule has 0 N–H and O–H groups in total. The van der Waals surface area contributed by atoms with E-state index in [-0.39, 0.29) is 4.90 Å². The highest BCUT2D eigenvalue weighted by Crippen LogP contribution is 2.40. The van der Waals surface area contributed by atoms with Gasteiger partial charge in [0, 0.05) is 16.6 Å². The van der Waals surface area contributed by atoms with Crippen LogP contribution < -0.4 is 0 Å². The molecule has 6 heteroatoms. The van der Waals surface area contributed by atoms with Gasteiger partial charge in [0.15, 0.2) is 0 Å². The largest absolute Gasteiger partial charge is 0.290 e. The van der Waals surface area contributed by atoms with E-state index in [1.54, 1.807) is 47.5 Å². The lowest BCUT2D eigenvalue weighted by Gasteiger charge is -2.52. The van der Waals surface area contributed by atoms with Crippen molar-refractivity contribution in [1.29, 1.82) is 0 Å². The van der Waals surface area contributed by atoms with Gasteiger partial charge in [-0.3, -0.25) is 9.63 Å². The number of nitrogens with zero attached hydrogens (tertiary/aromatic N) is 1. The van der Waals surface area contributed by atoms with E-state index in [1.165, 1.54) is 12.1 Å². The fourth-order valence-corrected chi connectivity index (χ4v) is 5.57. The average molecular weight is 430 g/mol. The first-order chi connectivity index (χ1) is 13.9. The number of carbonyl (C=O) groups excluding carboxylic acids is 1. The summed E-state index contributed by atoms with van der Waals surface area (Å²) in [7, 11) is -4.08. The normalized spacial score (nSPS) is 19.9. The first kappa shape index (κ1) is 22.7. The maximum Gasteiger partial charge on any atom is 0.246 e. The third-order valence-corrected chi connectivity index (χ3v) is 7.57. The standard InChI is InChI=1S/C24H31NO4S/c1-18-12-14-20(15-13-18)30(27,28)22(21(26)19-10-7-6-8-11-19)29-25-23(2,3)16-9-17-24(25,4)5/h6-8,10-15,22H,9,16-17H2,1-5H3. The summed E-state index contributed by atoms with van der Waals surface area (Å²) in [6.07, 6.45) is 2.72. The van der Waals surface area contributed by atoms with Crippen molar-refractivity contribution < 1.29 is 18.0 Å². The molecule has 0 amide bonds. The van der Waals surface area contributed by atoms with Crippen molar-refractivity contribution in [3.8, 4) is 0 Å². The molecule has 5 nitrogen and oxygen atoms in total. The van der Waals surface area contributed by atoms with Crippen molar-refractivity contribution in [1.82, 2.24) is 5.06 Å². The van der Waals surface area contributed by atoms with Crippen molar-refractivity contribution in [3.05, 3.63) is 65.7 Å². The van der Waals surface area contributed by atoms with Crippen molar-refractivity contribution in [3.63, 3.8) is 0 Å². The third kappa shape index (κ3) is 4.51. The van der Waals surface area contributed by atoms with E-state index in [9.17, 15) is 13.2 Å². The molecule has 1 heterocycles. The second-order valence-electron chi connectivity index (χ2n) is 9.30. The van der Waals surface area contributed by atoms with Crippen LogP contribution in [0.3, 0.4) is 0 Å². The van der Waals surface area contributed by atoms with Gasteiger partial charge in [-0.25, -0.2) is 8.42 Å². The molecule has 162 valence electrons. The first-order valence-corrected chi connectivity index (χ1v) is 11.9. The summed E-state index contributed by atoms with van der Waals surface area (Å²) in [5.74, 6) is -0.562. The fourth-order valence-electron chi connectivity index (χ4n) is 4.19. The first-order valence-electron chi connectivity index (χ1n) is 10.3. The second kappa shape index (κ2) is 8.25. The molecule has 0 saturated carbocycles. The minimum absolute atomic E-state index is 0.0787. The van der Waals surface area contributed by atoms with Gasteiger partial charge in [0.05, 0.1) is 4.90 Å². The second-order valence-corrected chi connectivity index (χ2v) is 11.3. The van der Waals surface area contributed by atoms with E-state index in [2.05, 4.69) is 0 Å². The Labute approximate surface area is 179 Å². The van der Waals surface area contributed by atoms with Crippen LogP contribution in [0, 0.1) is 6.92 Å². The number of carbonyl (C=O) groups is 1. The number of ketones is 1. The molecule has 1 aliphatic rings. The lowest BCUT2D eigenvalue weighted by atomic mass is 9.82. The predicted molar refractivity (Wildman–Crippen MR) is 118 cm³/mol. The Balaban J connectivity index is 2.08. The molecule has 2 aromatic rings. The summed E-state index contributed by atoms with van der Waals surface area (Å²) >= 11 is 0. The molecule has 1 unspecified atom stereocenters. The van der Waals surface area contributed by atoms with E-state index in [1.807, 2.05) is 34.6 Å². The molecule has 0 aromatic heterocycles. The molecule has 1 atom stereocenters. The SMILES string of the molecule is Cc1ccc(S(=O)(=O)C(ON2C(C)(C)CCCC2(C)C)C(=O)c2ccccc2)cc1. The minimum Gasteiger partial charge on any atom is -0.290 e. The number of Topliss-reactive ketones (excluding diaryl/α,β-unsaturated/α-hetero) is 1. The number of aryl methyl sites for hydroxylation is 1. The highest BCUT2D eigenvalue weighted by Gasteiger charge is 2.47. The number of sulfone groups is 1. The van der Waals surface area contributed by atoms with Gasteiger partial charge in [-0.05, 0) is 66.0 Å². The Morgan fingerprint density at radius 1 is 0.933 bits per heavy atom. The van der Waals surface area contributed by atoms with Gasteiger partial charge in [-0.2, -0.15) is 5.06 Å². The Bertz CT molecular complexity index is 979. The Morgan fingerprint density at radius 3 is 2.00 bits per heavy atom. The van der Waals surface area contributed by atoms with Crippen LogP contribution in [0.1, 0.15) is 62.9 Å². The van der Waals surface area contributed by atoms with E-state index in [4.69, 9.17) is 4.84 Å². The Hall–Kier alpha value is -2.02. The Morgan fingerprint density at radius 2 is 1.47 bits per heavy atom. The van der Waals surface area contributed by atoms with Gasteiger partial charge in [0.1, 0.15) is 0 Å². The molecule has 0 radical (unpaired) electrons. The molecule has 0 bridgehead atoms. The van der Waals surface area contributed by atoms with Gasteiger partial charge in [0.2, 0.25) is 21.1 Å². The van der Waals surface area contributed by atoms with Crippen molar-refractivity contribution in [2.24, 2.45) is 0 Å². The van der Waals surface area contributed by atoms with Crippen LogP contribution in [-0.2, 0) is 14.7 Å². The number of hydrogen-bond donors (Lipinski definition) is 0. The van der Waals surface area contributed by atoms with Gasteiger partial charge in [-0.15, -0.1) is 0 Å². The molecule has 0 spiro atoms. The smallest absolute Gasteiger partial charge is 0.246 e. The number of rotatable bonds is 6. The fraction of sp³-hybridized carbons (Fsp3) is 0.458. The van der Waals surface area contributed by atoms with Crippen molar-refractivity contribution in [2.75, 3.05) is 0 Å². The topological polar surface area (TPSA) is 63.7 Å². The highest BCUT2D eigenvalue weighted by atomic mass is 32.2.